The number of aryl methyl sites for hydroxylation is 1. The molecule has 0 N–H and O–H groups in total. The molecule has 2 aromatic heterocycles. The molecule has 0 atom stereocenters. The van der Waals surface area contributed by atoms with Crippen LogP contribution in [0.4, 0.5) is 0 Å². The summed E-state index contributed by atoms with van der Waals surface area (Å²) in [7, 11) is 2.16. The molecule has 0 spiro atoms. The zero-order valence-corrected chi connectivity index (χ0v) is 17.1. The molecule has 0 saturated carbocycles. The second kappa shape index (κ2) is 5.99. The molecule has 0 aliphatic rings. The first-order chi connectivity index (χ1) is 15.3. The van der Waals surface area contributed by atoms with Crippen LogP contribution in [0.5, 0.6) is 0 Å². The van der Waals surface area contributed by atoms with E-state index in [0.717, 1.165) is 16.6 Å². The highest BCUT2D eigenvalue weighted by Gasteiger charge is 2.16. The number of nitrogens with zero attached hydrogens (tertiary/aromatic N) is 1. The van der Waals surface area contributed by atoms with Crippen molar-refractivity contribution in [1.82, 2.24) is 4.57 Å². The number of furan rings is 1. The van der Waals surface area contributed by atoms with Crippen LogP contribution in [0.15, 0.2) is 101 Å². The Kier molecular flexibility index (Phi) is 3.23. The molecule has 7 rings (SSSR count). The maximum atomic E-state index is 6.18. The van der Waals surface area contributed by atoms with Gasteiger partial charge in [-0.05, 0) is 52.2 Å². The van der Waals surface area contributed by atoms with Gasteiger partial charge in [0.05, 0.1) is 0 Å². The fourth-order valence-electron chi connectivity index (χ4n) is 5.15. The van der Waals surface area contributed by atoms with Gasteiger partial charge >= 0.3 is 0 Å². The van der Waals surface area contributed by atoms with E-state index in [1.807, 2.05) is 12.1 Å². The summed E-state index contributed by atoms with van der Waals surface area (Å²) in [5, 5.41) is 7.50. The molecule has 146 valence electrons. The molecular formula is C29H19NO. The third-order valence-electron chi connectivity index (χ3n) is 6.61. The highest BCUT2D eigenvalue weighted by Crippen LogP contribution is 2.41. The number of rotatable bonds is 1. The molecule has 0 fully saturated rings. The topological polar surface area (TPSA) is 18.1 Å². The molecule has 0 saturated heterocycles. The third-order valence-corrected chi connectivity index (χ3v) is 6.61. The second-order valence-corrected chi connectivity index (χ2v) is 8.25. The lowest BCUT2D eigenvalue weighted by Crippen LogP contribution is -1.86. The van der Waals surface area contributed by atoms with Crippen molar-refractivity contribution in [2.24, 2.45) is 7.05 Å². The summed E-state index contributed by atoms with van der Waals surface area (Å²) in [5.74, 6) is 0. The number of hydrogen-bond acceptors (Lipinski definition) is 1. The van der Waals surface area contributed by atoms with Crippen molar-refractivity contribution >= 4 is 54.5 Å². The SMILES string of the molecule is Cn1c2cccc(-c3ccc4c(c3)oc3ccccc34)c2c2c3ccccc3ccc21. The molecule has 0 unspecified atom stereocenters. The van der Waals surface area contributed by atoms with Crippen LogP contribution in [0.1, 0.15) is 0 Å². The van der Waals surface area contributed by atoms with Gasteiger partial charge in [0, 0.05) is 39.6 Å². The van der Waals surface area contributed by atoms with Gasteiger partial charge in [0.2, 0.25) is 0 Å². The maximum absolute atomic E-state index is 6.18. The summed E-state index contributed by atoms with van der Waals surface area (Å²) in [5.41, 5.74) is 6.78. The fourth-order valence-corrected chi connectivity index (χ4v) is 5.15. The van der Waals surface area contributed by atoms with Crippen molar-refractivity contribution in [1.29, 1.82) is 0 Å². The molecule has 5 aromatic carbocycles. The van der Waals surface area contributed by atoms with Crippen molar-refractivity contribution in [3.8, 4) is 11.1 Å². The van der Waals surface area contributed by atoms with Crippen LogP contribution in [0.2, 0.25) is 0 Å². The molecule has 0 aliphatic heterocycles. The monoisotopic (exact) mass is 397 g/mol. The van der Waals surface area contributed by atoms with E-state index in [9.17, 15) is 0 Å². The van der Waals surface area contributed by atoms with E-state index in [1.165, 1.54) is 49.1 Å². The lowest BCUT2D eigenvalue weighted by atomic mass is 9.96. The maximum Gasteiger partial charge on any atom is 0.136 e. The van der Waals surface area contributed by atoms with Gasteiger partial charge in [-0.25, -0.2) is 0 Å². The van der Waals surface area contributed by atoms with Crippen LogP contribution in [-0.2, 0) is 7.05 Å². The predicted octanol–water partition coefficient (Wildman–Crippen LogP) is 8.05. The van der Waals surface area contributed by atoms with Gasteiger partial charge in [0.15, 0.2) is 0 Å². The number of hydrogen-bond donors (Lipinski definition) is 0. The second-order valence-electron chi connectivity index (χ2n) is 8.25. The Bertz CT molecular complexity index is 1800. The Balaban J connectivity index is 1.62. The Labute approximate surface area is 178 Å². The largest absolute Gasteiger partial charge is 0.456 e. The summed E-state index contributed by atoms with van der Waals surface area (Å²) in [4.78, 5) is 0. The van der Waals surface area contributed by atoms with Crippen LogP contribution in [0.3, 0.4) is 0 Å². The lowest BCUT2D eigenvalue weighted by Gasteiger charge is -2.06. The minimum Gasteiger partial charge on any atom is -0.456 e. The van der Waals surface area contributed by atoms with Crippen LogP contribution in [0.25, 0.3) is 65.6 Å². The van der Waals surface area contributed by atoms with E-state index < -0.39 is 0 Å². The average Bonchev–Trinajstić information content (AvgIpc) is 3.34. The van der Waals surface area contributed by atoms with Gasteiger partial charge in [-0.2, -0.15) is 0 Å². The van der Waals surface area contributed by atoms with E-state index in [4.69, 9.17) is 4.42 Å². The Hall–Kier alpha value is -4.04. The number of para-hydroxylation sites is 1. The third kappa shape index (κ3) is 2.22. The van der Waals surface area contributed by atoms with Gasteiger partial charge in [0.1, 0.15) is 11.2 Å². The first kappa shape index (κ1) is 16.7. The predicted molar refractivity (Wildman–Crippen MR) is 131 cm³/mol. The molecular weight excluding hydrogens is 378 g/mol. The normalized spacial score (nSPS) is 12.0. The smallest absolute Gasteiger partial charge is 0.136 e. The van der Waals surface area contributed by atoms with Crippen LogP contribution >= 0.6 is 0 Å². The van der Waals surface area contributed by atoms with Crippen LogP contribution in [0, 0.1) is 0 Å². The molecule has 31 heavy (non-hydrogen) atoms. The number of benzene rings is 5. The fraction of sp³-hybridized carbons (Fsp3) is 0.0345. The number of aromatic nitrogens is 1. The summed E-state index contributed by atoms with van der Waals surface area (Å²) < 4.78 is 8.49. The summed E-state index contributed by atoms with van der Waals surface area (Å²) in [6.45, 7) is 0. The van der Waals surface area contributed by atoms with Crippen LogP contribution in [-0.4, -0.2) is 4.57 Å². The van der Waals surface area contributed by atoms with Crippen molar-refractivity contribution < 1.29 is 4.42 Å². The van der Waals surface area contributed by atoms with E-state index in [0.29, 0.717) is 0 Å². The molecule has 0 amide bonds. The first-order valence-corrected chi connectivity index (χ1v) is 10.6. The summed E-state index contributed by atoms with van der Waals surface area (Å²) in [6.07, 6.45) is 0. The molecule has 2 nitrogen and oxygen atoms in total. The van der Waals surface area contributed by atoms with Gasteiger partial charge in [-0.15, -0.1) is 0 Å². The minimum atomic E-state index is 0.931. The number of fused-ring (bicyclic) bond motifs is 8. The minimum absolute atomic E-state index is 0.931. The van der Waals surface area contributed by atoms with E-state index in [2.05, 4.69) is 96.5 Å². The van der Waals surface area contributed by atoms with E-state index >= 15 is 0 Å². The zero-order chi connectivity index (χ0) is 20.5. The van der Waals surface area contributed by atoms with Crippen LogP contribution < -0.4 is 0 Å². The summed E-state index contributed by atoms with van der Waals surface area (Å²) >= 11 is 0. The molecule has 0 bridgehead atoms. The molecule has 0 radical (unpaired) electrons. The molecule has 7 aromatic rings. The van der Waals surface area contributed by atoms with Crippen molar-refractivity contribution in [2.45, 2.75) is 0 Å². The van der Waals surface area contributed by atoms with Gasteiger partial charge < -0.3 is 8.98 Å². The first-order valence-electron chi connectivity index (χ1n) is 10.6. The van der Waals surface area contributed by atoms with E-state index in [-0.39, 0.29) is 0 Å². The van der Waals surface area contributed by atoms with Crippen molar-refractivity contribution in [2.75, 3.05) is 0 Å². The molecule has 2 heterocycles. The molecule has 0 aliphatic carbocycles. The Morgan fingerprint density at radius 3 is 2.29 bits per heavy atom. The standard InChI is InChI=1S/C29H19NO/c1-30-24-11-6-10-21(29(24)28-20-8-3-2-7-18(20)14-16-25(28)30)19-13-15-23-22-9-4-5-12-26(22)31-27(23)17-19/h2-17H,1H3. The Morgan fingerprint density at radius 1 is 0.581 bits per heavy atom. The van der Waals surface area contributed by atoms with E-state index in [1.54, 1.807) is 0 Å². The summed E-state index contributed by atoms with van der Waals surface area (Å²) in [6, 6.07) is 34.6. The van der Waals surface area contributed by atoms with Gasteiger partial charge in [-0.1, -0.05) is 66.7 Å². The quantitative estimate of drug-likeness (QED) is 0.274. The average molecular weight is 397 g/mol. The Morgan fingerprint density at radius 2 is 1.35 bits per heavy atom. The van der Waals surface area contributed by atoms with Gasteiger partial charge in [-0.3, -0.25) is 0 Å². The lowest BCUT2D eigenvalue weighted by molar-refractivity contribution is 0.669. The highest BCUT2D eigenvalue weighted by atomic mass is 16.3. The zero-order valence-electron chi connectivity index (χ0n) is 17.1. The highest BCUT2D eigenvalue weighted by molar-refractivity contribution is 6.24. The van der Waals surface area contributed by atoms with Crippen molar-refractivity contribution in [3.05, 3.63) is 97.1 Å². The van der Waals surface area contributed by atoms with Crippen molar-refractivity contribution in [3.63, 3.8) is 0 Å². The van der Waals surface area contributed by atoms with Gasteiger partial charge in [0.25, 0.3) is 0 Å². The molecule has 2 heteroatoms.